The molecule has 0 bridgehead atoms. The van der Waals surface area contributed by atoms with Crippen LogP contribution in [0.1, 0.15) is 335 Å². The number of esters is 1. The maximum Gasteiger partial charge on any atom is 0.305 e. The fourth-order valence-corrected chi connectivity index (χ4v) is 9.59. The minimum Gasteiger partial charge on any atom is -0.466 e. The second kappa shape index (κ2) is 59.6. The number of carbonyl (C=O) groups excluding carboxylic acids is 2. The van der Waals surface area contributed by atoms with Gasteiger partial charge < -0.3 is 20.3 Å². The Morgan fingerprint density at radius 3 is 1.14 bits per heavy atom. The lowest BCUT2D eigenvalue weighted by Gasteiger charge is -2.22. The van der Waals surface area contributed by atoms with Crippen molar-refractivity contribution in [1.82, 2.24) is 5.32 Å². The number of allylic oxidation sites excluding steroid dienone is 6. The number of nitrogens with one attached hydrogen (secondary N) is 1. The third kappa shape index (κ3) is 55.4. The highest BCUT2D eigenvalue weighted by Crippen LogP contribution is 2.17. The van der Waals surface area contributed by atoms with Crippen molar-refractivity contribution in [2.24, 2.45) is 0 Å². The summed E-state index contributed by atoms with van der Waals surface area (Å²) in [5.41, 5.74) is 0. The third-order valence-electron chi connectivity index (χ3n) is 14.4. The Morgan fingerprint density at radius 1 is 0.400 bits per heavy atom. The predicted octanol–water partition coefficient (Wildman–Crippen LogP) is 19.6. The molecule has 0 saturated carbocycles. The Bertz CT molecular complexity index is 1130. The van der Waals surface area contributed by atoms with Crippen LogP contribution in [0.15, 0.2) is 36.5 Å². The first-order valence-corrected chi connectivity index (χ1v) is 31.2. The lowest BCUT2D eigenvalue weighted by atomic mass is 10.0. The SMILES string of the molecule is CCCC/C=C\CCCCCCCC(=O)OCCCCCCCCCCC/C=C\C/C=C\CCCCCCCCCCCCCCCCCC(=O)NC(CO)C(O)CCCCCCCCCCCCC. The number of hydrogen-bond donors (Lipinski definition) is 3. The average molecular weight is 985 g/mol. The first kappa shape index (κ1) is 68.1. The van der Waals surface area contributed by atoms with Gasteiger partial charge in [-0.25, -0.2) is 0 Å². The van der Waals surface area contributed by atoms with Crippen molar-refractivity contribution in [3.05, 3.63) is 36.5 Å². The Hall–Kier alpha value is -1.92. The van der Waals surface area contributed by atoms with E-state index in [9.17, 15) is 19.8 Å². The highest BCUT2D eigenvalue weighted by Gasteiger charge is 2.20. The molecular weight excluding hydrogens is 863 g/mol. The predicted molar refractivity (Wildman–Crippen MR) is 306 cm³/mol. The van der Waals surface area contributed by atoms with E-state index in [-0.39, 0.29) is 18.5 Å². The van der Waals surface area contributed by atoms with Crippen molar-refractivity contribution in [2.75, 3.05) is 13.2 Å². The van der Waals surface area contributed by atoms with E-state index in [1.165, 1.54) is 250 Å². The molecule has 412 valence electrons. The number of amides is 1. The minimum atomic E-state index is -0.662. The smallest absolute Gasteiger partial charge is 0.305 e. The van der Waals surface area contributed by atoms with Crippen LogP contribution in [0.3, 0.4) is 0 Å². The zero-order valence-electron chi connectivity index (χ0n) is 47.0. The monoisotopic (exact) mass is 984 g/mol. The van der Waals surface area contributed by atoms with Gasteiger partial charge in [0.05, 0.1) is 25.4 Å². The summed E-state index contributed by atoms with van der Waals surface area (Å²) < 4.78 is 5.46. The molecule has 70 heavy (non-hydrogen) atoms. The second-order valence-electron chi connectivity index (χ2n) is 21.4. The van der Waals surface area contributed by atoms with Crippen LogP contribution in [0.5, 0.6) is 0 Å². The summed E-state index contributed by atoms with van der Waals surface area (Å²) in [4.78, 5) is 24.4. The van der Waals surface area contributed by atoms with E-state index in [4.69, 9.17) is 4.74 Å². The number of carbonyl (C=O) groups is 2. The van der Waals surface area contributed by atoms with Crippen LogP contribution >= 0.6 is 0 Å². The van der Waals surface area contributed by atoms with Gasteiger partial charge in [-0.15, -0.1) is 0 Å². The molecule has 3 N–H and O–H groups in total. The van der Waals surface area contributed by atoms with E-state index < -0.39 is 12.1 Å². The van der Waals surface area contributed by atoms with Gasteiger partial charge >= 0.3 is 5.97 Å². The lowest BCUT2D eigenvalue weighted by Crippen LogP contribution is -2.45. The molecule has 0 aromatic heterocycles. The molecule has 6 nitrogen and oxygen atoms in total. The maximum atomic E-state index is 12.4. The lowest BCUT2D eigenvalue weighted by molar-refractivity contribution is -0.143. The fourth-order valence-electron chi connectivity index (χ4n) is 9.59. The minimum absolute atomic E-state index is 0.00185. The van der Waals surface area contributed by atoms with Crippen LogP contribution in [0.25, 0.3) is 0 Å². The molecule has 0 radical (unpaired) electrons. The third-order valence-corrected chi connectivity index (χ3v) is 14.4. The molecule has 1 amide bonds. The van der Waals surface area contributed by atoms with Crippen molar-refractivity contribution >= 4 is 11.9 Å². The molecule has 0 aliphatic carbocycles. The van der Waals surface area contributed by atoms with E-state index >= 15 is 0 Å². The molecule has 0 aliphatic rings. The highest BCUT2D eigenvalue weighted by atomic mass is 16.5. The zero-order chi connectivity index (χ0) is 50.7. The summed E-state index contributed by atoms with van der Waals surface area (Å²) >= 11 is 0. The van der Waals surface area contributed by atoms with Gasteiger partial charge in [-0.1, -0.05) is 281 Å². The molecule has 0 rings (SSSR count). The van der Waals surface area contributed by atoms with Crippen LogP contribution < -0.4 is 5.32 Å². The van der Waals surface area contributed by atoms with Crippen LogP contribution in [0, 0.1) is 0 Å². The second-order valence-corrected chi connectivity index (χ2v) is 21.4. The summed E-state index contributed by atoms with van der Waals surface area (Å²) in [5, 5.41) is 23.2. The van der Waals surface area contributed by atoms with Crippen molar-refractivity contribution in [3.8, 4) is 0 Å². The summed E-state index contributed by atoms with van der Waals surface area (Å²) in [5.74, 6) is -0.0328. The molecule has 0 aliphatic heterocycles. The molecule has 2 unspecified atom stereocenters. The molecule has 0 spiro atoms. The summed E-state index contributed by atoms with van der Waals surface area (Å²) in [6.07, 6.45) is 74.6. The number of aliphatic hydroxyl groups excluding tert-OH is 2. The first-order valence-electron chi connectivity index (χ1n) is 31.2. The fraction of sp³-hybridized carbons (Fsp3) is 0.875. The van der Waals surface area contributed by atoms with Gasteiger partial charge in [0, 0.05) is 12.8 Å². The van der Waals surface area contributed by atoms with Gasteiger partial charge in [0.25, 0.3) is 0 Å². The quantitative estimate of drug-likeness (QED) is 0.0321. The molecule has 2 atom stereocenters. The maximum absolute atomic E-state index is 12.4. The van der Waals surface area contributed by atoms with Gasteiger partial charge in [0.2, 0.25) is 5.91 Å². The molecule has 0 saturated heterocycles. The standard InChI is InChI=1S/C64H121NO5/c1-3-5-7-9-11-13-36-40-44-48-52-56-62(67)61(60-66)65-63(68)57-53-49-45-41-38-34-32-30-28-26-24-22-20-18-16-15-17-19-21-23-25-27-29-31-33-35-39-43-47-51-55-59-70-64(69)58-54-50-46-42-37-14-12-10-8-6-4-2/h10,12,17,19,23,25,61-62,66-67H,3-9,11,13-16,18,20-22,24,26-60H2,1-2H3,(H,65,68)/b12-10-,19-17-,25-23-. The Balaban J connectivity index is 3.38. The molecule has 0 aromatic carbocycles. The number of rotatable bonds is 58. The van der Waals surface area contributed by atoms with E-state index in [0.29, 0.717) is 25.9 Å². The van der Waals surface area contributed by atoms with Crippen molar-refractivity contribution in [1.29, 1.82) is 0 Å². The van der Waals surface area contributed by atoms with Gasteiger partial charge in [-0.3, -0.25) is 9.59 Å². The number of unbranched alkanes of at least 4 members (excludes halogenated alkanes) is 41. The summed E-state index contributed by atoms with van der Waals surface area (Å²) in [6.45, 7) is 4.91. The van der Waals surface area contributed by atoms with E-state index in [0.717, 1.165) is 51.4 Å². The van der Waals surface area contributed by atoms with Gasteiger partial charge in [0.15, 0.2) is 0 Å². The van der Waals surface area contributed by atoms with Crippen LogP contribution in [0.2, 0.25) is 0 Å². The Labute approximate surface area is 436 Å². The van der Waals surface area contributed by atoms with Crippen LogP contribution in [0.4, 0.5) is 0 Å². The van der Waals surface area contributed by atoms with E-state index in [1.807, 2.05) is 0 Å². The van der Waals surface area contributed by atoms with Gasteiger partial charge in [-0.05, 0) is 77.0 Å². The molecule has 0 heterocycles. The Kier molecular flexibility index (Phi) is 58.0. The first-order chi connectivity index (χ1) is 34.5. The molecule has 0 aromatic rings. The molecule has 6 heteroatoms. The number of ether oxygens (including phenoxy) is 1. The van der Waals surface area contributed by atoms with Crippen molar-refractivity contribution in [3.63, 3.8) is 0 Å². The van der Waals surface area contributed by atoms with Crippen LogP contribution in [-0.2, 0) is 14.3 Å². The highest BCUT2D eigenvalue weighted by molar-refractivity contribution is 5.76. The number of aliphatic hydroxyl groups is 2. The zero-order valence-corrected chi connectivity index (χ0v) is 47.0. The van der Waals surface area contributed by atoms with Gasteiger partial charge in [-0.2, -0.15) is 0 Å². The van der Waals surface area contributed by atoms with Gasteiger partial charge in [0.1, 0.15) is 0 Å². The summed E-state index contributed by atoms with van der Waals surface area (Å²) in [7, 11) is 0. The number of hydrogen-bond acceptors (Lipinski definition) is 5. The topological polar surface area (TPSA) is 95.9 Å². The average Bonchev–Trinajstić information content (AvgIpc) is 3.36. The normalized spacial score (nSPS) is 12.8. The molecule has 0 fully saturated rings. The van der Waals surface area contributed by atoms with Crippen molar-refractivity contribution < 1.29 is 24.5 Å². The summed E-state index contributed by atoms with van der Waals surface area (Å²) in [6, 6.07) is -0.539. The van der Waals surface area contributed by atoms with E-state index in [1.54, 1.807) is 0 Å². The van der Waals surface area contributed by atoms with Crippen LogP contribution in [-0.4, -0.2) is 47.4 Å². The molecular formula is C64H121NO5. The largest absolute Gasteiger partial charge is 0.466 e. The van der Waals surface area contributed by atoms with Crippen molar-refractivity contribution in [2.45, 2.75) is 347 Å². The Morgan fingerprint density at radius 2 is 0.729 bits per heavy atom. The van der Waals surface area contributed by atoms with E-state index in [2.05, 4.69) is 55.6 Å².